The molecule has 0 aromatic heterocycles. The molecule has 4 N–H and O–H groups in total. The fraction of sp³-hybridized carbons (Fsp3) is 0.409. The normalized spacial score (nSPS) is 24.8. The zero-order valence-corrected chi connectivity index (χ0v) is 19.5. The highest BCUT2D eigenvalue weighted by Gasteiger charge is 2.47. The van der Waals surface area contributed by atoms with Crippen molar-refractivity contribution in [2.24, 2.45) is 0 Å². The highest BCUT2D eigenvalue weighted by atomic mass is 32.2. The van der Waals surface area contributed by atoms with Crippen LogP contribution in [-0.4, -0.2) is 72.4 Å². The van der Waals surface area contributed by atoms with Crippen LogP contribution in [0.2, 0.25) is 0 Å². The van der Waals surface area contributed by atoms with E-state index in [2.05, 4.69) is 5.32 Å². The summed E-state index contributed by atoms with van der Waals surface area (Å²) in [5, 5.41) is 32.4. The lowest BCUT2D eigenvalue weighted by molar-refractivity contribution is -0.244. The average molecular weight is 537 g/mol. The van der Waals surface area contributed by atoms with Gasteiger partial charge in [0.25, 0.3) is 9.84 Å². The topological polar surface area (TPSA) is 142 Å². The number of nitrogens with one attached hydrogen (secondary N) is 1. The van der Waals surface area contributed by atoms with Crippen LogP contribution in [0.4, 0.5) is 17.6 Å². The van der Waals surface area contributed by atoms with E-state index in [-0.39, 0.29) is 22.4 Å². The number of aliphatic hydroxyl groups excluding tert-OH is 3. The number of amides is 1. The Morgan fingerprint density at radius 2 is 1.78 bits per heavy atom. The molecule has 2 aromatic rings. The molecule has 0 unspecified atom stereocenters. The lowest BCUT2D eigenvalue weighted by Crippen LogP contribution is -2.65. The average Bonchev–Trinajstić information content (AvgIpc) is 2.79. The lowest BCUT2D eigenvalue weighted by Gasteiger charge is -2.42. The fourth-order valence-corrected chi connectivity index (χ4v) is 4.44. The summed E-state index contributed by atoms with van der Waals surface area (Å²) in [4.78, 5) is 11.6. The molecule has 3 rings (SSSR count). The molecule has 5 atom stereocenters. The summed E-state index contributed by atoms with van der Waals surface area (Å²) in [6.45, 7) is 0.426. The van der Waals surface area contributed by atoms with Crippen LogP contribution in [0.3, 0.4) is 0 Å². The van der Waals surface area contributed by atoms with Crippen molar-refractivity contribution in [1.29, 1.82) is 0 Å². The van der Waals surface area contributed by atoms with Gasteiger partial charge in [0.1, 0.15) is 35.9 Å². The van der Waals surface area contributed by atoms with Crippen LogP contribution in [-0.2, 0) is 25.1 Å². The minimum atomic E-state index is -5.52. The second-order valence-electron chi connectivity index (χ2n) is 8.07. The van der Waals surface area contributed by atoms with Gasteiger partial charge in [0, 0.05) is 18.1 Å². The van der Waals surface area contributed by atoms with E-state index >= 15 is 0 Å². The molecule has 1 saturated heterocycles. The van der Waals surface area contributed by atoms with Crippen molar-refractivity contribution in [3.8, 4) is 16.9 Å². The molecule has 1 heterocycles. The van der Waals surface area contributed by atoms with Crippen LogP contribution in [0, 0.1) is 5.82 Å². The van der Waals surface area contributed by atoms with E-state index < -0.39 is 70.1 Å². The summed E-state index contributed by atoms with van der Waals surface area (Å²) in [5.74, 6) is -3.02. The van der Waals surface area contributed by atoms with E-state index in [1.54, 1.807) is 0 Å². The highest BCUT2D eigenvalue weighted by Crippen LogP contribution is 2.36. The third-order valence-electron chi connectivity index (χ3n) is 5.41. The monoisotopic (exact) mass is 537 g/mol. The summed E-state index contributed by atoms with van der Waals surface area (Å²) in [6, 6.07) is 6.96. The number of halogens is 4. The first-order valence-corrected chi connectivity index (χ1v) is 12.1. The maximum Gasteiger partial charge on any atom is 0.497 e. The Hall–Kier alpha value is -2.78. The number of rotatable bonds is 7. The predicted molar refractivity (Wildman–Crippen MR) is 117 cm³/mol. The minimum Gasteiger partial charge on any atom is -0.462 e. The van der Waals surface area contributed by atoms with E-state index in [4.69, 9.17) is 9.47 Å². The minimum absolute atomic E-state index is 0.00686. The van der Waals surface area contributed by atoms with E-state index in [1.807, 2.05) is 0 Å². The van der Waals surface area contributed by atoms with Crippen LogP contribution >= 0.6 is 0 Å². The predicted octanol–water partition coefficient (Wildman–Crippen LogP) is 1.25. The molecule has 0 saturated carbocycles. The number of carbonyl (C=O) groups is 1. The van der Waals surface area contributed by atoms with Crippen molar-refractivity contribution >= 4 is 15.7 Å². The van der Waals surface area contributed by atoms with E-state index in [1.165, 1.54) is 24.3 Å². The van der Waals surface area contributed by atoms with Gasteiger partial charge in [-0.05, 0) is 23.8 Å². The third-order valence-corrected chi connectivity index (χ3v) is 6.83. The van der Waals surface area contributed by atoms with Crippen LogP contribution in [0.15, 0.2) is 42.5 Å². The van der Waals surface area contributed by atoms with Gasteiger partial charge < -0.3 is 30.1 Å². The number of aliphatic hydroxyl groups is 3. The van der Waals surface area contributed by atoms with Crippen molar-refractivity contribution in [1.82, 2.24) is 5.32 Å². The molecule has 2 aromatic carbocycles. The van der Waals surface area contributed by atoms with Gasteiger partial charge in [-0.1, -0.05) is 24.3 Å². The molecule has 0 aliphatic carbocycles. The maximum atomic E-state index is 14.7. The van der Waals surface area contributed by atoms with Crippen LogP contribution in [0.1, 0.15) is 12.5 Å². The number of hydrogen-bond acceptors (Lipinski definition) is 8. The molecule has 0 bridgehead atoms. The fourth-order valence-electron chi connectivity index (χ4n) is 3.66. The summed E-state index contributed by atoms with van der Waals surface area (Å²) in [7, 11) is -5.52. The van der Waals surface area contributed by atoms with Crippen molar-refractivity contribution in [2.75, 3.05) is 6.61 Å². The Labute approximate surface area is 203 Å². The number of alkyl halides is 3. The molecule has 36 heavy (non-hydrogen) atoms. The van der Waals surface area contributed by atoms with Crippen molar-refractivity contribution < 1.29 is 55.6 Å². The molecule has 198 valence electrons. The summed E-state index contributed by atoms with van der Waals surface area (Å²) in [6.07, 6.45) is -5.98. The molecule has 1 fully saturated rings. The van der Waals surface area contributed by atoms with E-state index in [0.717, 1.165) is 25.1 Å². The van der Waals surface area contributed by atoms with Crippen LogP contribution < -0.4 is 10.1 Å². The Morgan fingerprint density at radius 3 is 2.39 bits per heavy atom. The number of benzene rings is 2. The quantitative estimate of drug-likeness (QED) is 0.387. The molecule has 0 spiro atoms. The van der Waals surface area contributed by atoms with Crippen molar-refractivity contribution in [3.05, 3.63) is 53.8 Å². The Balaban J connectivity index is 1.99. The van der Waals surface area contributed by atoms with Gasteiger partial charge >= 0.3 is 5.51 Å². The third kappa shape index (κ3) is 5.95. The van der Waals surface area contributed by atoms with Crippen molar-refractivity contribution in [3.63, 3.8) is 0 Å². The molecule has 0 radical (unpaired) electrons. The molecule has 1 amide bonds. The standard InChI is InChI=1S/C22H23F4NO8S/c1-11(29)27-18-20(31)19(30)17(9-28)35-21(18)34-16-5-3-2-4-13(16)14-8-12(6-7-15(14)23)10-36(32,33)22(24,25)26/h2-8,17-21,28,30-31H,9-10H2,1H3,(H,27,29)/t17-,18-,19+,20-,21-/m1/s1. The van der Waals surface area contributed by atoms with Gasteiger partial charge in [-0.2, -0.15) is 13.2 Å². The molecular weight excluding hydrogens is 514 g/mol. The first-order chi connectivity index (χ1) is 16.7. The Bertz CT molecular complexity index is 1210. The number of ether oxygens (including phenoxy) is 2. The van der Waals surface area contributed by atoms with Gasteiger partial charge in [-0.3, -0.25) is 4.79 Å². The molecule has 9 nitrogen and oxygen atoms in total. The highest BCUT2D eigenvalue weighted by molar-refractivity contribution is 7.91. The number of para-hydroxylation sites is 1. The van der Waals surface area contributed by atoms with Gasteiger partial charge in [0.15, 0.2) is 0 Å². The first kappa shape index (κ1) is 27.8. The smallest absolute Gasteiger partial charge is 0.462 e. The SMILES string of the molecule is CC(=O)N[C@H]1[C@H](Oc2ccccc2-c2cc(CS(=O)(=O)C(F)(F)F)ccc2F)O[C@H](CO)[C@H](O)[C@@H]1O. The number of hydrogen-bond donors (Lipinski definition) is 4. The summed E-state index contributed by atoms with van der Waals surface area (Å²) >= 11 is 0. The van der Waals surface area contributed by atoms with Gasteiger partial charge in [-0.25, -0.2) is 12.8 Å². The second kappa shape index (κ2) is 10.7. The molecule has 1 aliphatic rings. The van der Waals surface area contributed by atoms with E-state index in [9.17, 15) is 46.1 Å². The largest absolute Gasteiger partial charge is 0.497 e. The Kier molecular flexibility index (Phi) is 8.25. The first-order valence-electron chi connectivity index (χ1n) is 10.5. The van der Waals surface area contributed by atoms with Gasteiger partial charge in [-0.15, -0.1) is 0 Å². The maximum absolute atomic E-state index is 14.7. The summed E-state index contributed by atoms with van der Waals surface area (Å²) < 4.78 is 87.6. The van der Waals surface area contributed by atoms with Crippen molar-refractivity contribution in [2.45, 2.75) is 48.8 Å². The van der Waals surface area contributed by atoms with Gasteiger partial charge in [0.05, 0.1) is 12.4 Å². The van der Waals surface area contributed by atoms with Crippen LogP contribution in [0.25, 0.3) is 11.1 Å². The van der Waals surface area contributed by atoms with E-state index in [0.29, 0.717) is 0 Å². The van der Waals surface area contributed by atoms with Gasteiger partial charge in [0.2, 0.25) is 12.2 Å². The molecule has 1 aliphatic heterocycles. The zero-order valence-electron chi connectivity index (χ0n) is 18.6. The molecular formula is C22H23F4NO8S. The zero-order chi connectivity index (χ0) is 26.8. The lowest BCUT2D eigenvalue weighted by atomic mass is 9.96. The molecule has 14 heteroatoms. The number of sulfone groups is 1. The Morgan fingerprint density at radius 1 is 1.11 bits per heavy atom. The summed E-state index contributed by atoms with van der Waals surface area (Å²) in [5.41, 5.74) is -6.12. The second-order valence-corrected chi connectivity index (χ2v) is 10.0. The van der Waals surface area contributed by atoms with Crippen LogP contribution in [0.5, 0.6) is 5.75 Å². The number of carbonyl (C=O) groups excluding carboxylic acids is 1.